The predicted octanol–water partition coefficient (Wildman–Crippen LogP) is 4.15. The highest BCUT2D eigenvalue weighted by molar-refractivity contribution is 5.73. The summed E-state index contributed by atoms with van der Waals surface area (Å²) in [7, 11) is 0. The summed E-state index contributed by atoms with van der Waals surface area (Å²) in [4.78, 5) is 15.6. The Labute approximate surface area is 184 Å². The van der Waals surface area contributed by atoms with E-state index < -0.39 is 12.1 Å². The van der Waals surface area contributed by atoms with Crippen molar-refractivity contribution in [2.75, 3.05) is 26.3 Å². The zero-order chi connectivity index (χ0) is 23.0. The average molecular weight is 456 g/mol. The van der Waals surface area contributed by atoms with Crippen molar-refractivity contribution < 1.29 is 37.0 Å². The molecule has 2 fully saturated rings. The van der Waals surface area contributed by atoms with E-state index in [0.29, 0.717) is 18.4 Å². The number of carboxylic acid groups (broad SMARTS) is 1. The third-order valence-corrected chi connectivity index (χ3v) is 5.86. The van der Waals surface area contributed by atoms with Crippen molar-refractivity contribution in [1.29, 1.82) is 0 Å². The smallest absolute Gasteiger partial charge is 0.478 e. The predicted molar refractivity (Wildman–Crippen MR) is 108 cm³/mol. The number of carbonyl (C=O) groups is 1. The molecule has 2 saturated heterocycles. The number of hydrogen-bond acceptors (Lipinski definition) is 6. The van der Waals surface area contributed by atoms with Gasteiger partial charge < -0.3 is 19.0 Å². The number of alkyl halides is 3. The number of pyridine rings is 1. The van der Waals surface area contributed by atoms with Crippen LogP contribution >= 0.6 is 0 Å². The second-order valence-corrected chi connectivity index (χ2v) is 7.86. The highest BCUT2D eigenvalue weighted by Gasteiger charge is 2.45. The normalized spacial score (nSPS) is 20.5. The molecule has 0 bridgehead atoms. The van der Waals surface area contributed by atoms with Gasteiger partial charge in [0.1, 0.15) is 5.76 Å². The van der Waals surface area contributed by atoms with E-state index in [1.165, 1.54) is 0 Å². The number of rotatable bonds is 6. The van der Waals surface area contributed by atoms with Crippen molar-refractivity contribution in [3.8, 4) is 5.88 Å². The molecule has 1 N–H and O–H groups in total. The zero-order valence-electron chi connectivity index (χ0n) is 17.6. The van der Waals surface area contributed by atoms with Gasteiger partial charge in [0.25, 0.3) is 0 Å². The summed E-state index contributed by atoms with van der Waals surface area (Å²) >= 11 is 0. The fourth-order valence-electron chi connectivity index (χ4n) is 4.20. The Hall–Kier alpha value is -2.59. The van der Waals surface area contributed by atoms with Crippen LogP contribution in [0.5, 0.6) is 5.88 Å². The Morgan fingerprint density at radius 1 is 1.25 bits per heavy atom. The number of likely N-dealkylation sites (tertiary alicyclic amines) is 1. The quantitative estimate of drug-likeness (QED) is 0.699. The third kappa shape index (κ3) is 6.70. The van der Waals surface area contributed by atoms with E-state index >= 15 is 0 Å². The van der Waals surface area contributed by atoms with Crippen molar-refractivity contribution in [1.82, 2.24) is 9.88 Å². The van der Waals surface area contributed by atoms with Crippen LogP contribution < -0.4 is 4.74 Å². The van der Waals surface area contributed by atoms with E-state index in [0.717, 1.165) is 57.7 Å². The molecular weight excluding hydrogens is 429 g/mol. The molecule has 7 nitrogen and oxygen atoms in total. The maximum absolute atomic E-state index is 10.6. The van der Waals surface area contributed by atoms with E-state index in [9.17, 15) is 13.2 Å². The second kappa shape index (κ2) is 10.8. The molecule has 176 valence electrons. The van der Waals surface area contributed by atoms with Gasteiger partial charge in [-0.1, -0.05) is 6.07 Å². The van der Waals surface area contributed by atoms with Gasteiger partial charge in [-0.05, 0) is 49.8 Å². The summed E-state index contributed by atoms with van der Waals surface area (Å²) in [6.45, 7) is 4.63. The van der Waals surface area contributed by atoms with Crippen LogP contribution in [0.25, 0.3) is 0 Å². The number of nitrogens with zero attached hydrogens (tertiary/aromatic N) is 2. The van der Waals surface area contributed by atoms with E-state index in [1.54, 1.807) is 12.5 Å². The fraction of sp³-hybridized carbons (Fsp3) is 0.545. The van der Waals surface area contributed by atoms with Gasteiger partial charge in [0.2, 0.25) is 5.88 Å². The van der Waals surface area contributed by atoms with Crippen LogP contribution in [0.2, 0.25) is 0 Å². The van der Waals surface area contributed by atoms with Crippen LogP contribution in [0.15, 0.2) is 47.2 Å². The number of ether oxygens (including phenoxy) is 2. The van der Waals surface area contributed by atoms with Crippen molar-refractivity contribution in [2.24, 2.45) is 5.92 Å². The molecule has 0 saturated carbocycles. The number of aliphatic carboxylic acids is 1. The van der Waals surface area contributed by atoms with E-state index in [2.05, 4.69) is 9.88 Å². The topological polar surface area (TPSA) is 85.0 Å². The maximum atomic E-state index is 10.6. The number of halogens is 3. The first-order valence-electron chi connectivity index (χ1n) is 10.5. The van der Waals surface area contributed by atoms with E-state index in [1.807, 2.05) is 30.3 Å². The van der Waals surface area contributed by atoms with Crippen molar-refractivity contribution in [2.45, 2.75) is 44.0 Å². The SMILES string of the molecule is O=C(O)C(F)(F)F.c1ccc(OCCC2CCOC23CCN(Cc2ccco2)CC3)nc1. The maximum Gasteiger partial charge on any atom is 0.490 e. The average Bonchev–Trinajstić information content (AvgIpc) is 3.41. The van der Waals surface area contributed by atoms with Crippen LogP contribution in [0.1, 0.15) is 31.4 Å². The number of aromatic nitrogens is 1. The summed E-state index contributed by atoms with van der Waals surface area (Å²) in [6, 6.07) is 9.78. The van der Waals surface area contributed by atoms with E-state index in [4.69, 9.17) is 23.8 Å². The lowest BCUT2D eigenvalue weighted by Crippen LogP contribution is -2.47. The Morgan fingerprint density at radius 3 is 2.59 bits per heavy atom. The number of piperidine rings is 1. The van der Waals surface area contributed by atoms with Gasteiger partial charge in [0, 0.05) is 32.0 Å². The molecule has 0 aliphatic carbocycles. The minimum Gasteiger partial charge on any atom is -0.478 e. The van der Waals surface area contributed by atoms with Crippen LogP contribution in [0.4, 0.5) is 13.2 Å². The molecule has 0 aromatic carbocycles. The number of hydrogen-bond donors (Lipinski definition) is 1. The largest absolute Gasteiger partial charge is 0.490 e. The monoisotopic (exact) mass is 456 g/mol. The molecule has 2 aromatic heterocycles. The molecule has 2 aliphatic heterocycles. The van der Waals surface area contributed by atoms with Crippen molar-refractivity contribution in [3.63, 3.8) is 0 Å². The van der Waals surface area contributed by atoms with E-state index in [-0.39, 0.29) is 5.60 Å². The van der Waals surface area contributed by atoms with Crippen molar-refractivity contribution >= 4 is 5.97 Å². The molecule has 4 heterocycles. The van der Waals surface area contributed by atoms with Gasteiger partial charge in [-0.3, -0.25) is 4.90 Å². The Balaban J connectivity index is 0.000000360. The summed E-state index contributed by atoms with van der Waals surface area (Å²) in [5.74, 6) is -0.415. The Morgan fingerprint density at radius 2 is 2.00 bits per heavy atom. The fourth-order valence-corrected chi connectivity index (χ4v) is 4.20. The van der Waals surface area contributed by atoms with Gasteiger partial charge in [0.05, 0.1) is 25.0 Å². The highest BCUT2D eigenvalue weighted by Crippen LogP contribution is 2.42. The van der Waals surface area contributed by atoms with Gasteiger partial charge in [-0.25, -0.2) is 9.78 Å². The Bertz CT molecular complexity index is 822. The van der Waals surface area contributed by atoms with Crippen molar-refractivity contribution in [3.05, 3.63) is 48.6 Å². The standard InChI is InChI=1S/C20H26N2O3.C2HF3O2/c1-2-10-21-19(5-1)24-14-6-17-7-15-25-20(17)8-11-22(12-9-20)16-18-4-3-13-23-18;3-2(4,5)1(6)7/h1-5,10,13,17H,6-9,11-12,14-16H2;(H,6,7). The molecule has 1 unspecified atom stereocenters. The molecule has 0 radical (unpaired) electrons. The first-order valence-corrected chi connectivity index (χ1v) is 10.5. The first-order chi connectivity index (χ1) is 15.3. The lowest BCUT2D eigenvalue weighted by atomic mass is 9.78. The third-order valence-electron chi connectivity index (χ3n) is 5.86. The minimum absolute atomic E-state index is 0.0488. The Kier molecular flexibility index (Phi) is 8.14. The first kappa shape index (κ1) is 24.1. The lowest BCUT2D eigenvalue weighted by Gasteiger charge is -2.42. The van der Waals surface area contributed by atoms with Gasteiger partial charge >= 0.3 is 12.1 Å². The summed E-state index contributed by atoms with van der Waals surface area (Å²) in [5, 5.41) is 7.12. The molecule has 1 atom stereocenters. The lowest BCUT2D eigenvalue weighted by molar-refractivity contribution is -0.192. The molecule has 2 aromatic rings. The molecule has 32 heavy (non-hydrogen) atoms. The minimum atomic E-state index is -5.08. The number of furan rings is 1. The molecule has 10 heteroatoms. The molecule has 1 spiro atoms. The second-order valence-electron chi connectivity index (χ2n) is 7.86. The number of carboxylic acids is 1. The van der Waals surface area contributed by atoms with Gasteiger partial charge in [-0.15, -0.1) is 0 Å². The van der Waals surface area contributed by atoms with Gasteiger partial charge in [-0.2, -0.15) is 13.2 Å². The van der Waals surface area contributed by atoms with Gasteiger partial charge in [0.15, 0.2) is 0 Å². The van der Waals surface area contributed by atoms with Crippen LogP contribution in [0, 0.1) is 5.92 Å². The van der Waals surface area contributed by atoms with Crippen LogP contribution in [-0.2, 0) is 16.1 Å². The molecule has 0 amide bonds. The zero-order valence-corrected chi connectivity index (χ0v) is 17.6. The summed E-state index contributed by atoms with van der Waals surface area (Å²) < 4.78 is 49.3. The summed E-state index contributed by atoms with van der Waals surface area (Å²) in [5.41, 5.74) is 0.0488. The molecule has 4 rings (SSSR count). The highest BCUT2D eigenvalue weighted by atomic mass is 19.4. The van der Waals surface area contributed by atoms with Crippen LogP contribution in [0.3, 0.4) is 0 Å². The molecule has 2 aliphatic rings. The molecular formula is C22H27F3N2O5. The van der Waals surface area contributed by atoms with Crippen LogP contribution in [-0.4, -0.2) is 59.0 Å². The summed E-state index contributed by atoms with van der Waals surface area (Å²) in [6.07, 6.45) is 2.81.